The van der Waals surface area contributed by atoms with Crippen LogP contribution in [0.3, 0.4) is 0 Å². The first-order chi connectivity index (χ1) is 12.0. The third-order valence-electron chi connectivity index (χ3n) is 3.44. The molecule has 7 heteroatoms. The number of nitrogens with zero attached hydrogens (tertiary/aromatic N) is 1. The van der Waals surface area contributed by atoms with Crippen LogP contribution in [0.25, 0.3) is 0 Å². The van der Waals surface area contributed by atoms with Gasteiger partial charge in [0.05, 0.1) is 17.9 Å². The highest BCUT2D eigenvalue weighted by molar-refractivity contribution is 8.04. The van der Waals surface area contributed by atoms with Gasteiger partial charge in [-0.15, -0.1) is 11.3 Å². The van der Waals surface area contributed by atoms with E-state index in [1.54, 1.807) is 13.8 Å². The van der Waals surface area contributed by atoms with E-state index < -0.39 is 5.97 Å². The van der Waals surface area contributed by atoms with Crippen molar-refractivity contribution in [2.75, 3.05) is 11.9 Å². The average molecular weight is 374 g/mol. The number of thiocyanates is 1. The summed E-state index contributed by atoms with van der Waals surface area (Å²) in [5.74, 6) is -0.635. The van der Waals surface area contributed by atoms with Crippen molar-refractivity contribution < 1.29 is 14.3 Å². The molecule has 0 aliphatic rings. The molecule has 0 spiro atoms. The Kier molecular flexibility index (Phi) is 6.62. The minimum Gasteiger partial charge on any atom is -0.462 e. The summed E-state index contributed by atoms with van der Waals surface area (Å²) in [4.78, 5) is 25.4. The molecule has 1 heterocycles. The van der Waals surface area contributed by atoms with Crippen molar-refractivity contribution >= 4 is 40.0 Å². The molecule has 130 valence electrons. The highest BCUT2D eigenvalue weighted by Crippen LogP contribution is 2.40. The van der Waals surface area contributed by atoms with E-state index >= 15 is 0 Å². The summed E-state index contributed by atoms with van der Waals surface area (Å²) in [6, 6.07) is 7.72. The molecule has 1 N–H and O–H groups in total. The molecule has 5 nitrogen and oxygen atoms in total. The van der Waals surface area contributed by atoms with Crippen molar-refractivity contribution in [3.63, 3.8) is 0 Å². The SMILES string of the molecule is CCOC(=O)c1sc(NC(=O)Cc2ccc(C)cc2)c(SC#N)c1C. The molecule has 0 aliphatic carbocycles. The number of amides is 1. The van der Waals surface area contributed by atoms with Crippen LogP contribution in [0.15, 0.2) is 29.2 Å². The predicted octanol–water partition coefficient (Wildman–Crippen LogP) is 4.30. The van der Waals surface area contributed by atoms with E-state index in [9.17, 15) is 9.59 Å². The second-order valence-electron chi connectivity index (χ2n) is 5.34. The van der Waals surface area contributed by atoms with Gasteiger partial charge in [-0.25, -0.2) is 4.79 Å². The first-order valence-electron chi connectivity index (χ1n) is 7.68. The number of ether oxygens (including phenoxy) is 1. The standard InChI is InChI=1S/C18H18N2O3S2/c1-4-23-18(22)16-12(3)15(24-10-19)17(25-16)20-14(21)9-13-7-5-11(2)6-8-13/h5-8H,4,9H2,1-3H3,(H,20,21). The van der Waals surface area contributed by atoms with Crippen molar-refractivity contribution in [2.45, 2.75) is 32.1 Å². The van der Waals surface area contributed by atoms with Crippen LogP contribution in [0.1, 0.15) is 33.3 Å². The van der Waals surface area contributed by atoms with Crippen molar-refractivity contribution in [3.8, 4) is 5.40 Å². The summed E-state index contributed by atoms with van der Waals surface area (Å²) < 4.78 is 5.03. The molecule has 2 rings (SSSR count). The van der Waals surface area contributed by atoms with Gasteiger partial charge in [0.1, 0.15) is 15.3 Å². The molecule has 2 aromatic rings. The average Bonchev–Trinajstić information content (AvgIpc) is 2.87. The van der Waals surface area contributed by atoms with E-state index in [1.165, 1.54) is 0 Å². The Hall–Kier alpha value is -2.30. The lowest BCUT2D eigenvalue weighted by Gasteiger charge is -2.05. The van der Waals surface area contributed by atoms with Crippen LogP contribution in [-0.4, -0.2) is 18.5 Å². The van der Waals surface area contributed by atoms with Gasteiger partial charge in [-0.3, -0.25) is 4.79 Å². The number of rotatable bonds is 6. The van der Waals surface area contributed by atoms with E-state index in [2.05, 4.69) is 5.32 Å². The van der Waals surface area contributed by atoms with Crippen LogP contribution in [-0.2, 0) is 16.0 Å². The van der Waals surface area contributed by atoms with Crippen molar-refractivity contribution in [2.24, 2.45) is 0 Å². The number of carbonyl (C=O) groups excluding carboxylic acids is 2. The van der Waals surface area contributed by atoms with Gasteiger partial charge < -0.3 is 10.1 Å². The lowest BCUT2D eigenvalue weighted by atomic mass is 10.1. The van der Waals surface area contributed by atoms with E-state index in [0.29, 0.717) is 20.3 Å². The molecule has 0 aliphatic heterocycles. The third kappa shape index (κ3) is 4.84. The molecule has 0 bridgehead atoms. The third-order valence-corrected chi connectivity index (χ3v) is 5.56. The molecule has 0 atom stereocenters. The highest BCUT2D eigenvalue weighted by atomic mass is 32.2. The predicted molar refractivity (Wildman–Crippen MR) is 100.0 cm³/mol. The number of hydrogen-bond acceptors (Lipinski definition) is 6. The molecular formula is C18H18N2O3S2. The summed E-state index contributed by atoms with van der Waals surface area (Å²) in [6.45, 7) is 5.74. The summed E-state index contributed by atoms with van der Waals surface area (Å²) in [5.41, 5.74) is 2.68. The summed E-state index contributed by atoms with van der Waals surface area (Å²) in [5, 5.41) is 14.3. The minimum absolute atomic E-state index is 0.194. The van der Waals surface area contributed by atoms with Crippen molar-refractivity contribution in [3.05, 3.63) is 45.8 Å². The Morgan fingerprint density at radius 1 is 1.28 bits per heavy atom. The normalized spacial score (nSPS) is 10.2. The number of nitriles is 1. The number of hydrogen-bond donors (Lipinski definition) is 1. The number of thioether (sulfide) groups is 1. The zero-order valence-corrected chi connectivity index (χ0v) is 15.8. The Balaban J connectivity index is 2.20. The molecule has 0 fully saturated rings. The van der Waals surface area contributed by atoms with Gasteiger partial charge in [-0.05, 0) is 43.7 Å². The number of aryl methyl sites for hydroxylation is 1. The molecule has 25 heavy (non-hydrogen) atoms. The van der Waals surface area contributed by atoms with E-state index in [0.717, 1.165) is 34.2 Å². The van der Waals surface area contributed by atoms with Crippen molar-refractivity contribution in [1.82, 2.24) is 0 Å². The number of anilines is 1. The molecule has 1 aromatic heterocycles. The Labute approximate surface area is 155 Å². The smallest absolute Gasteiger partial charge is 0.348 e. The van der Waals surface area contributed by atoms with Crippen molar-refractivity contribution in [1.29, 1.82) is 5.26 Å². The fraction of sp³-hybridized carbons (Fsp3) is 0.278. The highest BCUT2D eigenvalue weighted by Gasteiger charge is 2.22. The van der Waals surface area contributed by atoms with Crippen LogP contribution >= 0.6 is 23.1 Å². The minimum atomic E-state index is -0.441. The first-order valence-corrected chi connectivity index (χ1v) is 9.31. The van der Waals surface area contributed by atoms with Gasteiger partial charge in [-0.2, -0.15) is 5.26 Å². The molecule has 0 saturated carbocycles. The molecular weight excluding hydrogens is 356 g/mol. The molecule has 0 unspecified atom stereocenters. The van der Waals surface area contributed by atoms with Gasteiger partial charge in [0.15, 0.2) is 0 Å². The number of esters is 1. The topological polar surface area (TPSA) is 79.2 Å². The van der Waals surface area contributed by atoms with Crippen LogP contribution < -0.4 is 5.32 Å². The lowest BCUT2D eigenvalue weighted by molar-refractivity contribution is -0.115. The Morgan fingerprint density at radius 2 is 1.96 bits per heavy atom. The van der Waals surface area contributed by atoms with Gasteiger partial charge in [0.25, 0.3) is 0 Å². The van der Waals surface area contributed by atoms with Crippen LogP contribution in [0, 0.1) is 24.5 Å². The van der Waals surface area contributed by atoms with Gasteiger partial charge in [0.2, 0.25) is 5.91 Å². The number of nitrogens with one attached hydrogen (secondary N) is 1. The molecule has 1 amide bonds. The van der Waals surface area contributed by atoms with E-state index in [4.69, 9.17) is 10.00 Å². The summed E-state index contributed by atoms with van der Waals surface area (Å²) in [7, 11) is 0. The largest absolute Gasteiger partial charge is 0.462 e. The van der Waals surface area contributed by atoms with Crippen LogP contribution in [0.4, 0.5) is 5.00 Å². The Morgan fingerprint density at radius 3 is 2.56 bits per heavy atom. The van der Waals surface area contributed by atoms with Crippen LogP contribution in [0.2, 0.25) is 0 Å². The van der Waals surface area contributed by atoms with Gasteiger partial charge >= 0.3 is 5.97 Å². The maximum atomic E-state index is 12.3. The van der Waals surface area contributed by atoms with Gasteiger partial charge in [0, 0.05) is 0 Å². The zero-order chi connectivity index (χ0) is 18.4. The second-order valence-corrected chi connectivity index (χ2v) is 7.15. The molecule has 0 saturated heterocycles. The fourth-order valence-corrected chi connectivity index (χ4v) is 4.02. The monoisotopic (exact) mass is 374 g/mol. The maximum Gasteiger partial charge on any atom is 0.348 e. The van der Waals surface area contributed by atoms with E-state index in [1.807, 2.05) is 36.6 Å². The number of benzene rings is 1. The number of carbonyl (C=O) groups is 2. The quantitative estimate of drug-likeness (QED) is 0.463. The van der Waals surface area contributed by atoms with E-state index in [-0.39, 0.29) is 18.9 Å². The fourth-order valence-electron chi connectivity index (χ4n) is 2.20. The first kappa shape index (κ1) is 19.0. The lowest BCUT2D eigenvalue weighted by Crippen LogP contribution is -2.14. The number of thiophene rings is 1. The van der Waals surface area contributed by atoms with Crippen LogP contribution in [0.5, 0.6) is 0 Å². The summed E-state index contributed by atoms with van der Waals surface area (Å²) in [6.07, 6.45) is 0.225. The molecule has 0 radical (unpaired) electrons. The summed E-state index contributed by atoms with van der Waals surface area (Å²) >= 11 is 2.07. The zero-order valence-electron chi connectivity index (χ0n) is 14.2. The maximum absolute atomic E-state index is 12.3. The second kappa shape index (κ2) is 8.70. The molecule has 1 aromatic carbocycles. The van der Waals surface area contributed by atoms with Gasteiger partial charge in [-0.1, -0.05) is 29.8 Å². The Bertz CT molecular complexity index is 820.